The molecule has 4 heteroatoms. The standard InChI is InChI=1S/C20H27NO3/c1-14(2)18(19-6-5-11-23-19)12-20(22)21-13-16-7-9-17(10-8-16)24-15(3)4/h5-11,14-15,18H,12-13H2,1-4H3,(H,21,22)/t18-/m0/s1. The van der Waals surface area contributed by atoms with Gasteiger partial charge in [-0.3, -0.25) is 4.79 Å². The van der Waals surface area contributed by atoms with Gasteiger partial charge in [-0.25, -0.2) is 0 Å². The van der Waals surface area contributed by atoms with Crippen molar-refractivity contribution in [2.45, 2.75) is 52.7 Å². The molecule has 1 aromatic carbocycles. The van der Waals surface area contributed by atoms with Crippen molar-refractivity contribution in [3.8, 4) is 5.75 Å². The van der Waals surface area contributed by atoms with Gasteiger partial charge in [-0.1, -0.05) is 26.0 Å². The number of carbonyl (C=O) groups excluding carboxylic acids is 1. The van der Waals surface area contributed by atoms with Crippen LogP contribution in [0, 0.1) is 5.92 Å². The average molecular weight is 329 g/mol. The van der Waals surface area contributed by atoms with E-state index in [9.17, 15) is 4.79 Å². The van der Waals surface area contributed by atoms with Crippen molar-refractivity contribution in [1.29, 1.82) is 0 Å². The van der Waals surface area contributed by atoms with Crippen molar-refractivity contribution in [3.63, 3.8) is 0 Å². The molecule has 0 bridgehead atoms. The molecule has 0 fully saturated rings. The van der Waals surface area contributed by atoms with E-state index in [0.717, 1.165) is 17.1 Å². The first kappa shape index (κ1) is 18.1. The number of carbonyl (C=O) groups is 1. The first-order valence-electron chi connectivity index (χ1n) is 8.51. The Hall–Kier alpha value is -2.23. The highest BCUT2D eigenvalue weighted by Gasteiger charge is 2.21. The number of benzene rings is 1. The first-order valence-corrected chi connectivity index (χ1v) is 8.51. The maximum atomic E-state index is 12.3. The van der Waals surface area contributed by atoms with E-state index < -0.39 is 0 Å². The van der Waals surface area contributed by atoms with Gasteiger partial charge in [-0.05, 0) is 49.6 Å². The summed E-state index contributed by atoms with van der Waals surface area (Å²) in [6.45, 7) is 8.72. The lowest BCUT2D eigenvalue weighted by molar-refractivity contribution is -0.122. The zero-order valence-electron chi connectivity index (χ0n) is 14.9. The summed E-state index contributed by atoms with van der Waals surface area (Å²) < 4.78 is 11.1. The Labute approximate surface area is 144 Å². The minimum Gasteiger partial charge on any atom is -0.491 e. The molecule has 0 saturated carbocycles. The number of nitrogens with one attached hydrogen (secondary N) is 1. The van der Waals surface area contributed by atoms with Crippen LogP contribution >= 0.6 is 0 Å². The first-order chi connectivity index (χ1) is 11.5. The quantitative estimate of drug-likeness (QED) is 0.775. The molecule has 1 aromatic heterocycles. The maximum absolute atomic E-state index is 12.3. The summed E-state index contributed by atoms with van der Waals surface area (Å²) in [6, 6.07) is 11.6. The lowest BCUT2D eigenvalue weighted by atomic mass is 9.90. The number of rotatable bonds is 8. The fraction of sp³-hybridized carbons (Fsp3) is 0.450. The second-order valence-electron chi connectivity index (χ2n) is 6.66. The molecule has 4 nitrogen and oxygen atoms in total. The third kappa shape index (κ3) is 5.44. The molecule has 1 amide bonds. The summed E-state index contributed by atoms with van der Waals surface area (Å²) >= 11 is 0. The number of hydrogen-bond donors (Lipinski definition) is 1. The van der Waals surface area contributed by atoms with Crippen LogP contribution in [0.25, 0.3) is 0 Å². The van der Waals surface area contributed by atoms with E-state index in [-0.39, 0.29) is 17.9 Å². The van der Waals surface area contributed by atoms with Crippen molar-refractivity contribution in [3.05, 3.63) is 54.0 Å². The Morgan fingerprint density at radius 3 is 2.38 bits per heavy atom. The van der Waals surface area contributed by atoms with Crippen LogP contribution in [-0.4, -0.2) is 12.0 Å². The SMILES string of the molecule is CC(C)Oc1ccc(CNC(=O)C[C@H](c2ccco2)C(C)C)cc1. The Balaban J connectivity index is 1.86. The van der Waals surface area contributed by atoms with Gasteiger partial charge in [0.15, 0.2) is 0 Å². The van der Waals surface area contributed by atoms with E-state index in [2.05, 4.69) is 19.2 Å². The van der Waals surface area contributed by atoms with E-state index in [1.54, 1.807) is 6.26 Å². The molecule has 1 atom stereocenters. The molecule has 0 aliphatic rings. The molecule has 1 N–H and O–H groups in total. The van der Waals surface area contributed by atoms with Crippen molar-refractivity contribution in [1.82, 2.24) is 5.32 Å². The van der Waals surface area contributed by atoms with Gasteiger partial charge >= 0.3 is 0 Å². The molecule has 130 valence electrons. The largest absolute Gasteiger partial charge is 0.491 e. The molecular weight excluding hydrogens is 302 g/mol. The summed E-state index contributed by atoms with van der Waals surface area (Å²) in [6.07, 6.45) is 2.24. The predicted molar refractivity (Wildman–Crippen MR) is 95.0 cm³/mol. The van der Waals surface area contributed by atoms with Gasteiger partial charge in [0, 0.05) is 18.9 Å². The van der Waals surface area contributed by atoms with Crippen LogP contribution in [0.2, 0.25) is 0 Å². The third-order valence-electron chi connectivity index (χ3n) is 3.90. The number of hydrogen-bond acceptors (Lipinski definition) is 3. The van der Waals surface area contributed by atoms with Crippen molar-refractivity contribution in [2.24, 2.45) is 5.92 Å². The number of amides is 1. The molecule has 0 saturated heterocycles. The summed E-state index contributed by atoms with van der Waals surface area (Å²) in [7, 11) is 0. The monoisotopic (exact) mass is 329 g/mol. The minimum atomic E-state index is 0.0348. The topological polar surface area (TPSA) is 51.5 Å². The van der Waals surface area contributed by atoms with Gasteiger partial charge in [0.1, 0.15) is 11.5 Å². The van der Waals surface area contributed by atoms with Crippen LogP contribution in [0.1, 0.15) is 51.4 Å². The zero-order valence-corrected chi connectivity index (χ0v) is 14.9. The summed E-state index contributed by atoms with van der Waals surface area (Å²) in [5.74, 6) is 2.19. The fourth-order valence-corrected chi connectivity index (χ4v) is 2.60. The van der Waals surface area contributed by atoms with Gasteiger partial charge in [0.2, 0.25) is 5.91 Å². The van der Waals surface area contributed by atoms with Gasteiger partial charge in [0.25, 0.3) is 0 Å². The summed E-state index contributed by atoms with van der Waals surface area (Å²) in [5.41, 5.74) is 1.05. The lowest BCUT2D eigenvalue weighted by Gasteiger charge is -2.18. The number of furan rings is 1. The molecule has 0 unspecified atom stereocenters. The van der Waals surface area contributed by atoms with Crippen LogP contribution in [0.15, 0.2) is 47.1 Å². The smallest absolute Gasteiger partial charge is 0.221 e. The van der Waals surface area contributed by atoms with Crippen LogP contribution < -0.4 is 10.1 Å². The van der Waals surface area contributed by atoms with Gasteiger partial charge in [0.05, 0.1) is 12.4 Å². The molecule has 2 aromatic rings. The maximum Gasteiger partial charge on any atom is 0.221 e. The van der Waals surface area contributed by atoms with Crippen LogP contribution in [0.5, 0.6) is 5.75 Å². The molecule has 0 aliphatic carbocycles. The van der Waals surface area contributed by atoms with E-state index in [4.69, 9.17) is 9.15 Å². The van der Waals surface area contributed by atoms with Crippen LogP contribution in [-0.2, 0) is 11.3 Å². The Morgan fingerprint density at radius 1 is 1.12 bits per heavy atom. The van der Waals surface area contributed by atoms with Gasteiger partial charge in [-0.15, -0.1) is 0 Å². The lowest BCUT2D eigenvalue weighted by Crippen LogP contribution is -2.25. The second-order valence-corrected chi connectivity index (χ2v) is 6.66. The van der Waals surface area contributed by atoms with Crippen molar-refractivity contribution >= 4 is 5.91 Å². The molecule has 24 heavy (non-hydrogen) atoms. The Morgan fingerprint density at radius 2 is 1.83 bits per heavy atom. The molecule has 0 aliphatic heterocycles. The number of ether oxygens (including phenoxy) is 1. The molecule has 0 spiro atoms. The van der Waals surface area contributed by atoms with Crippen LogP contribution in [0.4, 0.5) is 0 Å². The predicted octanol–water partition coefficient (Wildman–Crippen LogP) is 4.51. The molecular formula is C20H27NO3. The highest BCUT2D eigenvalue weighted by molar-refractivity contribution is 5.76. The average Bonchev–Trinajstić information content (AvgIpc) is 3.05. The normalized spacial score (nSPS) is 12.4. The minimum absolute atomic E-state index is 0.0348. The molecule has 2 rings (SSSR count). The van der Waals surface area contributed by atoms with Crippen molar-refractivity contribution in [2.75, 3.05) is 0 Å². The highest BCUT2D eigenvalue weighted by Crippen LogP contribution is 2.28. The van der Waals surface area contributed by atoms with Gasteiger partial charge < -0.3 is 14.5 Å². The molecule has 1 heterocycles. The second kappa shape index (κ2) is 8.57. The third-order valence-corrected chi connectivity index (χ3v) is 3.90. The van der Waals surface area contributed by atoms with E-state index in [0.29, 0.717) is 18.9 Å². The molecule has 0 radical (unpaired) electrons. The highest BCUT2D eigenvalue weighted by atomic mass is 16.5. The zero-order chi connectivity index (χ0) is 17.5. The Bertz CT molecular complexity index is 615. The van der Waals surface area contributed by atoms with Crippen molar-refractivity contribution < 1.29 is 13.9 Å². The fourth-order valence-electron chi connectivity index (χ4n) is 2.60. The van der Waals surface area contributed by atoms with Gasteiger partial charge in [-0.2, -0.15) is 0 Å². The van der Waals surface area contributed by atoms with E-state index in [1.165, 1.54) is 0 Å². The summed E-state index contributed by atoms with van der Waals surface area (Å²) in [5, 5.41) is 2.99. The summed E-state index contributed by atoms with van der Waals surface area (Å²) in [4.78, 5) is 12.3. The Kier molecular flexibility index (Phi) is 6.47. The van der Waals surface area contributed by atoms with Crippen LogP contribution in [0.3, 0.4) is 0 Å². The van der Waals surface area contributed by atoms with E-state index in [1.807, 2.05) is 50.2 Å². The van der Waals surface area contributed by atoms with E-state index >= 15 is 0 Å².